The van der Waals surface area contributed by atoms with Crippen LogP contribution in [0.25, 0.3) is 0 Å². The maximum absolute atomic E-state index is 15.0. The molecule has 1 atom stereocenters. The summed E-state index contributed by atoms with van der Waals surface area (Å²) < 4.78 is 49.4. The predicted octanol–water partition coefficient (Wildman–Crippen LogP) is 6.24. The first-order valence-corrected chi connectivity index (χ1v) is 16.7. The number of nitrogens with one attached hydrogen (secondary N) is 1. The molecule has 0 spiro atoms. The van der Waals surface area contributed by atoms with Crippen molar-refractivity contribution in [3.05, 3.63) is 125 Å². The minimum absolute atomic E-state index is 0.0835. The molecule has 4 aromatic carbocycles. The van der Waals surface area contributed by atoms with Gasteiger partial charge >= 0.3 is 0 Å². The van der Waals surface area contributed by atoms with Gasteiger partial charge in [-0.3, -0.25) is 13.9 Å². The van der Waals surface area contributed by atoms with Crippen LogP contribution in [0.15, 0.2) is 108 Å². The van der Waals surface area contributed by atoms with Gasteiger partial charge in [-0.2, -0.15) is 0 Å². The fourth-order valence-electron chi connectivity index (χ4n) is 4.91. The summed E-state index contributed by atoms with van der Waals surface area (Å²) in [4.78, 5) is 29.4. The van der Waals surface area contributed by atoms with Crippen molar-refractivity contribution >= 4 is 39.1 Å². The second kappa shape index (κ2) is 16.2. The van der Waals surface area contributed by atoms with E-state index in [0.717, 1.165) is 22.7 Å². The van der Waals surface area contributed by atoms with Gasteiger partial charge in [-0.25, -0.2) is 12.8 Å². The van der Waals surface area contributed by atoms with Crippen LogP contribution in [-0.4, -0.2) is 51.4 Å². The number of amides is 2. The maximum Gasteiger partial charge on any atom is 0.264 e. The van der Waals surface area contributed by atoms with Gasteiger partial charge in [0.15, 0.2) is 0 Å². The Kier molecular flexibility index (Phi) is 12.2. The van der Waals surface area contributed by atoms with Gasteiger partial charge in [-0.15, -0.1) is 0 Å². The summed E-state index contributed by atoms with van der Waals surface area (Å²) in [5.41, 5.74) is 1.11. The van der Waals surface area contributed by atoms with Gasteiger partial charge in [-0.1, -0.05) is 79.5 Å². The minimum Gasteiger partial charge on any atom is -0.497 e. The highest BCUT2D eigenvalue weighted by atomic mass is 35.5. The molecule has 46 heavy (non-hydrogen) atoms. The average molecular weight is 666 g/mol. The summed E-state index contributed by atoms with van der Waals surface area (Å²) in [6.07, 6.45) is 1.70. The highest BCUT2D eigenvalue weighted by Gasteiger charge is 2.35. The van der Waals surface area contributed by atoms with E-state index in [9.17, 15) is 18.0 Å². The zero-order chi connectivity index (χ0) is 33.1. The third-order valence-corrected chi connectivity index (χ3v) is 9.44. The van der Waals surface area contributed by atoms with Gasteiger partial charge in [0.25, 0.3) is 10.0 Å². The topological polar surface area (TPSA) is 96.0 Å². The molecular formula is C35H37ClFN3O5S. The minimum atomic E-state index is -4.33. The lowest BCUT2D eigenvalue weighted by atomic mass is 10.0. The lowest BCUT2D eigenvalue weighted by Gasteiger charge is -2.34. The van der Waals surface area contributed by atoms with Crippen LogP contribution in [0.5, 0.6) is 5.75 Å². The number of anilines is 1. The number of benzene rings is 4. The van der Waals surface area contributed by atoms with E-state index in [1.165, 1.54) is 66.6 Å². The van der Waals surface area contributed by atoms with E-state index in [-0.39, 0.29) is 34.1 Å². The van der Waals surface area contributed by atoms with Gasteiger partial charge in [-0.05, 0) is 60.5 Å². The zero-order valence-electron chi connectivity index (χ0n) is 25.7. The third-order valence-electron chi connectivity index (χ3n) is 7.42. The fraction of sp³-hybridized carbons (Fsp3) is 0.257. The first-order valence-electron chi connectivity index (χ1n) is 14.9. The summed E-state index contributed by atoms with van der Waals surface area (Å²) in [6, 6.07) is 26.0. The fourth-order valence-corrected chi connectivity index (χ4v) is 6.50. The number of hydrogen-bond acceptors (Lipinski definition) is 5. The zero-order valence-corrected chi connectivity index (χ0v) is 27.3. The van der Waals surface area contributed by atoms with Crippen LogP contribution in [0.2, 0.25) is 5.02 Å². The number of carbonyl (C=O) groups excluding carboxylic acids is 2. The molecule has 0 saturated carbocycles. The van der Waals surface area contributed by atoms with Gasteiger partial charge in [0.1, 0.15) is 24.2 Å². The Labute approximate surface area is 274 Å². The van der Waals surface area contributed by atoms with Crippen molar-refractivity contribution in [2.45, 2.75) is 43.7 Å². The van der Waals surface area contributed by atoms with Crippen LogP contribution in [0, 0.1) is 5.82 Å². The van der Waals surface area contributed by atoms with Gasteiger partial charge < -0.3 is 15.0 Å². The Hall–Kier alpha value is -4.41. The summed E-state index contributed by atoms with van der Waals surface area (Å²) in [5.74, 6) is -1.22. The smallest absolute Gasteiger partial charge is 0.264 e. The molecule has 0 radical (unpaired) electrons. The Morgan fingerprint density at radius 2 is 1.63 bits per heavy atom. The molecule has 0 fully saturated rings. The molecule has 0 aliphatic carbocycles. The van der Waals surface area contributed by atoms with Gasteiger partial charge in [0.2, 0.25) is 11.8 Å². The standard InChI is InChI=1S/C35H37ClFN3O5S/c1-3-4-21-38-35(42)33(22-26-11-6-5-7-12-26)39(24-27-13-8-9-16-32(27)37)34(41)25-40(29-15-10-14-28(36)23-29)46(43,44)31-19-17-30(45-2)18-20-31/h5-20,23,33H,3-4,21-22,24-25H2,1-2H3,(H,38,42)/t33-/m0/s1. The number of hydrogen-bond donors (Lipinski definition) is 1. The van der Waals surface area contributed by atoms with E-state index in [1.54, 1.807) is 18.2 Å². The van der Waals surface area contributed by atoms with E-state index in [1.807, 2.05) is 37.3 Å². The van der Waals surface area contributed by atoms with Crippen molar-refractivity contribution in [3.8, 4) is 5.75 Å². The molecule has 2 amide bonds. The first-order chi connectivity index (χ1) is 22.1. The van der Waals surface area contributed by atoms with Crippen LogP contribution < -0.4 is 14.4 Å². The van der Waals surface area contributed by atoms with Crippen molar-refractivity contribution in [2.75, 3.05) is 24.5 Å². The molecule has 1 N–H and O–H groups in total. The maximum atomic E-state index is 15.0. The third kappa shape index (κ3) is 8.86. The van der Waals surface area contributed by atoms with Crippen molar-refractivity contribution in [1.82, 2.24) is 10.2 Å². The van der Waals surface area contributed by atoms with Crippen LogP contribution in [0.1, 0.15) is 30.9 Å². The number of rotatable bonds is 15. The first kappa shape index (κ1) is 34.5. The molecular weight excluding hydrogens is 629 g/mol. The number of halogens is 2. The Bertz CT molecular complexity index is 1720. The highest BCUT2D eigenvalue weighted by molar-refractivity contribution is 7.92. The molecule has 0 aromatic heterocycles. The number of sulfonamides is 1. The second-order valence-corrected chi connectivity index (χ2v) is 12.9. The molecule has 0 saturated heterocycles. The molecule has 0 aliphatic rings. The van der Waals surface area contributed by atoms with Crippen molar-refractivity contribution in [1.29, 1.82) is 0 Å². The highest BCUT2D eigenvalue weighted by Crippen LogP contribution is 2.28. The molecule has 4 aromatic rings. The van der Waals surface area contributed by atoms with Crippen molar-refractivity contribution in [2.24, 2.45) is 0 Å². The number of methoxy groups -OCH3 is 1. The lowest BCUT2D eigenvalue weighted by Crippen LogP contribution is -2.53. The quantitative estimate of drug-likeness (QED) is 0.152. The molecule has 0 unspecified atom stereocenters. The van der Waals surface area contributed by atoms with E-state index < -0.39 is 40.2 Å². The second-order valence-electron chi connectivity index (χ2n) is 10.6. The molecule has 242 valence electrons. The van der Waals surface area contributed by atoms with Crippen molar-refractivity contribution in [3.63, 3.8) is 0 Å². The monoisotopic (exact) mass is 665 g/mol. The molecule has 8 nitrogen and oxygen atoms in total. The van der Waals surface area contributed by atoms with Gasteiger partial charge in [0, 0.05) is 30.1 Å². The number of unbranched alkanes of at least 4 members (excludes halogenated alkanes) is 1. The summed E-state index contributed by atoms with van der Waals surface area (Å²) in [7, 11) is -2.86. The SMILES string of the molecule is CCCCNC(=O)[C@H](Cc1ccccc1)N(Cc1ccccc1F)C(=O)CN(c1cccc(Cl)c1)S(=O)(=O)c1ccc(OC)cc1. The van der Waals surface area contributed by atoms with Crippen molar-refractivity contribution < 1.29 is 27.1 Å². The molecule has 0 aliphatic heterocycles. The Morgan fingerprint density at radius 3 is 2.28 bits per heavy atom. The van der Waals surface area contributed by atoms with E-state index >= 15 is 4.39 Å². The van der Waals surface area contributed by atoms with Crippen LogP contribution in [-0.2, 0) is 32.6 Å². The summed E-state index contributed by atoms with van der Waals surface area (Å²) >= 11 is 6.26. The number of nitrogens with zero attached hydrogens (tertiary/aromatic N) is 2. The molecule has 4 rings (SSSR count). The van der Waals surface area contributed by atoms with Crippen LogP contribution in [0.3, 0.4) is 0 Å². The van der Waals surface area contributed by atoms with Crippen LogP contribution in [0.4, 0.5) is 10.1 Å². The molecule has 0 heterocycles. The Balaban J connectivity index is 1.80. The molecule has 0 bridgehead atoms. The normalized spacial score (nSPS) is 11.8. The lowest BCUT2D eigenvalue weighted by molar-refractivity contribution is -0.140. The average Bonchev–Trinajstić information content (AvgIpc) is 3.06. The number of ether oxygens (including phenoxy) is 1. The van der Waals surface area contributed by atoms with E-state index in [4.69, 9.17) is 16.3 Å². The summed E-state index contributed by atoms with van der Waals surface area (Å²) in [5, 5.41) is 3.18. The van der Waals surface area contributed by atoms with Crippen LogP contribution >= 0.6 is 11.6 Å². The van der Waals surface area contributed by atoms with E-state index in [2.05, 4.69) is 5.32 Å². The largest absolute Gasteiger partial charge is 0.497 e. The molecule has 11 heteroatoms. The number of carbonyl (C=O) groups is 2. The van der Waals surface area contributed by atoms with Gasteiger partial charge in [0.05, 0.1) is 17.7 Å². The van der Waals surface area contributed by atoms with E-state index in [0.29, 0.717) is 12.3 Å². The predicted molar refractivity (Wildman–Crippen MR) is 178 cm³/mol. The Morgan fingerprint density at radius 1 is 0.935 bits per heavy atom. The summed E-state index contributed by atoms with van der Waals surface area (Å²) in [6.45, 7) is 1.44.